The van der Waals surface area contributed by atoms with E-state index >= 15 is 0 Å². The van der Waals surface area contributed by atoms with E-state index in [0.29, 0.717) is 25.3 Å². The van der Waals surface area contributed by atoms with Gasteiger partial charge in [0.1, 0.15) is 11.8 Å². The molecule has 2 atom stereocenters. The third kappa shape index (κ3) is 3.94. The zero-order chi connectivity index (χ0) is 18.7. The molecule has 1 aliphatic rings. The van der Waals surface area contributed by atoms with Gasteiger partial charge >= 0.3 is 0 Å². The lowest BCUT2D eigenvalue weighted by Gasteiger charge is -2.22. The van der Waals surface area contributed by atoms with Crippen LogP contribution in [-0.4, -0.2) is 69.1 Å². The third-order valence-corrected chi connectivity index (χ3v) is 4.70. The number of hydrogen-bond donors (Lipinski definition) is 1. The molecule has 2 unspecified atom stereocenters. The molecule has 0 spiro atoms. The molecule has 2 amide bonds. The molecular formula is C19H24N4O3. The van der Waals surface area contributed by atoms with Gasteiger partial charge in [0.05, 0.1) is 0 Å². The molecule has 1 aliphatic heterocycles. The quantitative estimate of drug-likeness (QED) is 0.872. The molecular weight excluding hydrogens is 332 g/mol. The molecule has 0 bridgehead atoms. The predicted molar refractivity (Wildman–Crippen MR) is 96.9 cm³/mol. The summed E-state index contributed by atoms with van der Waals surface area (Å²) < 4.78 is 1.93. The summed E-state index contributed by atoms with van der Waals surface area (Å²) in [4.78, 5) is 32.1. The van der Waals surface area contributed by atoms with E-state index in [9.17, 15) is 14.7 Å². The van der Waals surface area contributed by atoms with Crippen LogP contribution in [-0.2, 0) is 4.79 Å². The van der Waals surface area contributed by atoms with Crippen molar-refractivity contribution < 1.29 is 14.7 Å². The fourth-order valence-electron chi connectivity index (χ4n) is 3.32. The maximum Gasteiger partial charge on any atom is 0.272 e. The van der Waals surface area contributed by atoms with Gasteiger partial charge in [0.2, 0.25) is 0 Å². The summed E-state index contributed by atoms with van der Waals surface area (Å²) in [6, 6.07) is 7.48. The first-order valence-electron chi connectivity index (χ1n) is 8.77. The maximum atomic E-state index is 12.7. The van der Waals surface area contributed by atoms with Gasteiger partial charge < -0.3 is 19.5 Å². The van der Waals surface area contributed by atoms with Crippen molar-refractivity contribution in [2.45, 2.75) is 19.4 Å². The highest BCUT2D eigenvalue weighted by Gasteiger charge is 2.30. The SMILES string of the molecule is CC(O)C(=O)N1CCC(CN(C)C(=O)c2cc(-n3cccc3)ccn2)C1. The van der Waals surface area contributed by atoms with Gasteiger partial charge in [-0.3, -0.25) is 14.6 Å². The maximum absolute atomic E-state index is 12.7. The minimum Gasteiger partial charge on any atom is -0.384 e. The average molecular weight is 356 g/mol. The van der Waals surface area contributed by atoms with Crippen molar-refractivity contribution in [3.05, 3.63) is 48.5 Å². The summed E-state index contributed by atoms with van der Waals surface area (Å²) in [5.41, 5.74) is 1.28. The summed E-state index contributed by atoms with van der Waals surface area (Å²) in [6.07, 6.45) is 5.31. The minimum absolute atomic E-state index is 0.140. The fourth-order valence-corrected chi connectivity index (χ4v) is 3.32. The molecule has 3 rings (SSSR count). The van der Waals surface area contributed by atoms with Crippen LogP contribution in [0.15, 0.2) is 42.9 Å². The van der Waals surface area contributed by atoms with Crippen LogP contribution >= 0.6 is 0 Å². The van der Waals surface area contributed by atoms with Gasteiger partial charge in [0, 0.05) is 51.0 Å². The molecule has 138 valence electrons. The van der Waals surface area contributed by atoms with E-state index in [4.69, 9.17) is 0 Å². The van der Waals surface area contributed by atoms with Crippen LogP contribution in [0.2, 0.25) is 0 Å². The average Bonchev–Trinajstić information content (AvgIpc) is 3.32. The molecule has 0 aromatic carbocycles. The molecule has 1 N–H and O–H groups in total. The van der Waals surface area contributed by atoms with Crippen LogP contribution in [0.4, 0.5) is 0 Å². The number of aliphatic hydroxyl groups excluding tert-OH is 1. The van der Waals surface area contributed by atoms with E-state index in [1.54, 1.807) is 29.1 Å². The van der Waals surface area contributed by atoms with Gasteiger partial charge in [-0.2, -0.15) is 0 Å². The lowest BCUT2D eigenvalue weighted by Crippen LogP contribution is -2.38. The van der Waals surface area contributed by atoms with E-state index in [0.717, 1.165) is 12.1 Å². The predicted octanol–water partition coefficient (Wildman–Crippen LogP) is 1.17. The Morgan fingerprint density at radius 2 is 2.12 bits per heavy atom. The lowest BCUT2D eigenvalue weighted by atomic mass is 10.1. The topological polar surface area (TPSA) is 78.7 Å². The number of nitrogens with zero attached hydrogens (tertiary/aromatic N) is 4. The lowest BCUT2D eigenvalue weighted by molar-refractivity contribution is -0.138. The largest absolute Gasteiger partial charge is 0.384 e. The molecule has 0 saturated carbocycles. The monoisotopic (exact) mass is 356 g/mol. The number of rotatable bonds is 5. The van der Waals surface area contributed by atoms with Gasteiger partial charge in [-0.15, -0.1) is 0 Å². The molecule has 26 heavy (non-hydrogen) atoms. The second kappa shape index (κ2) is 7.70. The Morgan fingerprint density at radius 3 is 2.81 bits per heavy atom. The van der Waals surface area contributed by atoms with E-state index in [2.05, 4.69) is 4.98 Å². The fraction of sp³-hybridized carbons (Fsp3) is 0.421. The van der Waals surface area contributed by atoms with Crippen LogP contribution in [0, 0.1) is 5.92 Å². The molecule has 7 heteroatoms. The van der Waals surface area contributed by atoms with Crippen LogP contribution < -0.4 is 0 Å². The number of aromatic nitrogens is 2. The van der Waals surface area contributed by atoms with Crippen molar-refractivity contribution in [1.82, 2.24) is 19.4 Å². The van der Waals surface area contributed by atoms with Crippen LogP contribution in [0.3, 0.4) is 0 Å². The Kier molecular flexibility index (Phi) is 5.37. The Hall–Kier alpha value is -2.67. The van der Waals surface area contributed by atoms with Crippen molar-refractivity contribution in [3.8, 4) is 5.69 Å². The van der Waals surface area contributed by atoms with Gasteiger partial charge in [0.15, 0.2) is 0 Å². The van der Waals surface area contributed by atoms with E-state index < -0.39 is 6.10 Å². The number of pyridine rings is 1. The number of aliphatic hydroxyl groups is 1. The van der Waals surface area contributed by atoms with Crippen molar-refractivity contribution >= 4 is 11.8 Å². The molecule has 1 fully saturated rings. The smallest absolute Gasteiger partial charge is 0.272 e. The molecule has 2 aromatic rings. The summed E-state index contributed by atoms with van der Waals surface area (Å²) in [6.45, 7) is 3.22. The second-order valence-corrected chi connectivity index (χ2v) is 6.79. The molecule has 1 saturated heterocycles. The highest BCUT2D eigenvalue weighted by molar-refractivity contribution is 5.92. The molecule has 7 nitrogen and oxygen atoms in total. The first-order valence-corrected chi connectivity index (χ1v) is 8.77. The van der Waals surface area contributed by atoms with Crippen LogP contribution in [0.5, 0.6) is 0 Å². The van der Waals surface area contributed by atoms with Crippen molar-refractivity contribution in [3.63, 3.8) is 0 Å². The molecule has 0 radical (unpaired) electrons. The van der Waals surface area contributed by atoms with E-state index in [-0.39, 0.29) is 17.7 Å². The zero-order valence-corrected chi connectivity index (χ0v) is 15.1. The van der Waals surface area contributed by atoms with Crippen molar-refractivity contribution in [2.24, 2.45) is 5.92 Å². The van der Waals surface area contributed by atoms with Gasteiger partial charge in [-0.05, 0) is 43.5 Å². The van der Waals surface area contributed by atoms with Crippen molar-refractivity contribution in [1.29, 1.82) is 0 Å². The van der Waals surface area contributed by atoms with Gasteiger partial charge in [-0.25, -0.2) is 0 Å². The van der Waals surface area contributed by atoms with Crippen LogP contribution in [0.1, 0.15) is 23.8 Å². The molecule has 3 heterocycles. The highest BCUT2D eigenvalue weighted by Crippen LogP contribution is 2.19. The first-order chi connectivity index (χ1) is 12.5. The zero-order valence-electron chi connectivity index (χ0n) is 15.1. The summed E-state index contributed by atoms with van der Waals surface area (Å²) in [5, 5.41) is 9.42. The van der Waals surface area contributed by atoms with Gasteiger partial charge in [0.25, 0.3) is 11.8 Å². The summed E-state index contributed by atoms with van der Waals surface area (Å²) >= 11 is 0. The Labute approximate surface area is 152 Å². The first kappa shape index (κ1) is 18.1. The summed E-state index contributed by atoms with van der Waals surface area (Å²) in [7, 11) is 1.76. The second-order valence-electron chi connectivity index (χ2n) is 6.79. The number of likely N-dealkylation sites (tertiary alicyclic amines) is 1. The standard InChI is InChI=1S/C19H24N4O3/c1-14(24)18(25)23-10-6-15(13-23)12-21(2)19(26)17-11-16(5-7-20-17)22-8-3-4-9-22/h3-5,7-9,11,14-15,24H,6,10,12-13H2,1-2H3. The number of hydrogen-bond acceptors (Lipinski definition) is 4. The molecule has 2 aromatic heterocycles. The molecule has 0 aliphatic carbocycles. The Bertz CT molecular complexity index is 773. The normalized spacial score (nSPS) is 18.0. The van der Waals surface area contributed by atoms with Gasteiger partial charge in [-0.1, -0.05) is 0 Å². The van der Waals surface area contributed by atoms with E-state index in [1.165, 1.54) is 6.92 Å². The number of carbonyl (C=O) groups is 2. The van der Waals surface area contributed by atoms with E-state index in [1.807, 2.05) is 35.2 Å². The Morgan fingerprint density at radius 1 is 1.38 bits per heavy atom. The number of carbonyl (C=O) groups excluding carboxylic acids is 2. The minimum atomic E-state index is -0.978. The van der Waals surface area contributed by atoms with Crippen LogP contribution in [0.25, 0.3) is 5.69 Å². The Balaban J connectivity index is 1.62. The highest BCUT2D eigenvalue weighted by atomic mass is 16.3. The summed E-state index contributed by atoms with van der Waals surface area (Å²) in [5.74, 6) is -0.179. The third-order valence-electron chi connectivity index (χ3n) is 4.70. The van der Waals surface area contributed by atoms with Crippen molar-refractivity contribution in [2.75, 3.05) is 26.7 Å². The number of amides is 2.